The van der Waals surface area contributed by atoms with Crippen molar-refractivity contribution < 1.29 is 13.2 Å². The third-order valence-electron chi connectivity index (χ3n) is 3.27. The number of benzene rings is 1. The van der Waals surface area contributed by atoms with Crippen LogP contribution < -0.4 is 15.9 Å². The lowest BCUT2D eigenvalue weighted by Crippen LogP contribution is -2.42. The van der Waals surface area contributed by atoms with Gasteiger partial charge in [0.2, 0.25) is 0 Å². The van der Waals surface area contributed by atoms with Crippen LogP contribution in [0.3, 0.4) is 0 Å². The van der Waals surface area contributed by atoms with Crippen LogP contribution in [0.4, 0.5) is 0 Å². The van der Waals surface area contributed by atoms with E-state index in [0.29, 0.717) is 16.7 Å². The highest BCUT2D eigenvalue weighted by Gasteiger charge is 2.17. The third kappa shape index (κ3) is 2.89. The summed E-state index contributed by atoms with van der Waals surface area (Å²) in [7, 11) is -2.30. The highest BCUT2D eigenvalue weighted by Crippen LogP contribution is 2.14. The number of nitrogens with zero attached hydrogens (tertiary/aromatic N) is 1. The molecular formula is C13H13N5O4S. The first kappa shape index (κ1) is 15.1. The molecule has 3 rings (SSSR count). The maximum absolute atomic E-state index is 12.2. The number of carbonyl (C=O) groups is 1. The van der Waals surface area contributed by atoms with Gasteiger partial charge in [-0.3, -0.25) is 10.2 Å². The van der Waals surface area contributed by atoms with Crippen molar-refractivity contribution in [2.45, 2.75) is 4.90 Å². The minimum atomic E-state index is -3.97. The second kappa shape index (κ2) is 5.41. The molecule has 10 heteroatoms. The van der Waals surface area contributed by atoms with Gasteiger partial charge in [0.25, 0.3) is 15.9 Å². The Labute approximate surface area is 130 Å². The molecule has 0 fully saturated rings. The number of rotatable bonds is 4. The Balaban J connectivity index is 1.81. The molecule has 4 N–H and O–H groups in total. The van der Waals surface area contributed by atoms with Crippen molar-refractivity contribution in [2.75, 3.05) is 0 Å². The Kier molecular flexibility index (Phi) is 3.54. The molecule has 0 saturated carbocycles. The van der Waals surface area contributed by atoms with Crippen molar-refractivity contribution in [3.05, 3.63) is 52.7 Å². The molecule has 0 spiro atoms. The van der Waals surface area contributed by atoms with Crippen LogP contribution in [0.15, 0.2) is 46.2 Å². The Hall–Kier alpha value is -2.85. The minimum absolute atomic E-state index is 0.0903. The van der Waals surface area contributed by atoms with Crippen LogP contribution in [-0.4, -0.2) is 28.9 Å². The number of sulfonamides is 1. The lowest BCUT2D eigenvalue weighted by Gasteiger charge is -2.09. The first-order valence-corrected chi connectivity index (χ1v) is 8.01. The van der Waals surface area contributed by atoms with Crippen LogP contribution in [-0.2, 0) is 17.1 Å². The number of aryl methyl sites for hydroxylation is 1. The predicted octanol–water partition coefficient (Wildman–Crippen LogP) is -0.182. The molecule has 0 aliphatic heterocycles. The summed E-state index contributed by atoms with van der Waals surface area (Å²) >= 11 is 0. The lowest BCUT2D eigenvalue weighted by atomic mass is 10.3. The summed E-state index contributed by atoms with van der Waals surface area (Å²) in [5, 5.41) is 0. The predicted molar refractivity (Wildman–Crippen MR) is 82.1 cm³/mol. The number of hydrazine groups is 1. The second-order valence-electron chi connectivity index (χ2n) is 4.85. The smallest absolute Gasteiger partial charge is 0.323 e. The van der Waals surface area contributed by atoms with E-state index >= 15 is 0 Å². The standard InChI is InChI=1S/C13H13N5O4S/c1-18-6-2-3-11(18)12(19)16-17-23(21,22)8-4-5-9-10(7-8)15-13(20)14-9/h2-7,17H,1H3,(H,16,19)(H2,14,15,20). The van der Waals surface area contributed by atoms with E-state index in [-0.39, 0.29) is 4.90 Å². The number of imidazole rings is 1. The van der Waals surface area contributed by atoms with E-state index in [1.54, 1.807) is 29.9 Å². The van der Waals surface area contributed by atoms with Gasteiger partial charge < -0.3 is 14.5 Å². The van der Waals surface area contributed by atoms with E-state index in [1.807, 2.05) is 4.83 Å². The SMILES string of the molecule is Cn1cccc1C(=O)NNS(=O)(=O)c1ccc2[nH]c(=O)[nH]c2c1. The zero-order valence-electron chi connectivity index (χ0n) is 12.0. The van der Waals surface area contributed by atoms with E-state index in [2.05, 4.69) is 15.4 Å². The molecule has 0 aliphatic rings. The Bertz CT molecular complexity index is 1040. The van der Waals surface area contributed by atoms with Crippen molar-refractivity contribution in [3.63, 3.8) is 0 Å². The monoisotopic (exact) mass is 335 g/mol. The van der Waals surface area contributed by atoms with Crippen molar-refractivity contribution in [1.82, 2.24) is 24.8 Å². The summed E-state index contributed by atoms with van der Waals surface area (Å²) in [4.78, 5) is 30.0. The molecule has 0 atom stereocenters. The second-order valence-corrected chi connectivity index (χ2v) is 6.53. The molecule has 3 aromatic rings. The number of fused-ring (bicyclic) bond motifs is 1. The Morgan fingerprint density at radius 3 is 2.61 bits per heavy atom. The number of hydrogen-bond donors (Lipinski definition) is 4. The molecule has 2 heterocycles. The van der Waals surface area contributed by atoms with Gasteiger partial charge in [0, 0.05) is 13.2 Å². The van der Waals surface area contributed by atoms with Crippen LogP contribution in [0.1, 0.15) is 10.5 Å². The topological polar surface area (TPSA) is 129 Å². The van der Waals surface area contributed by atoms with E-state index in [1.165, 1.54) is 18.2 Å². The summed E-state index contributed by atoms with van der Waals surface area (Å²) in [6, 6.07) is 7.30. The highest BCUT2D eigenvalue weighted by molar-refractivity contribution is 7.89. The summed E-state index contributed by atoms with van der Waals surface area (Å²) < 4.78 is 26.0. The summed E-state index contributed by atoms with van der Waals surface area (Å²) in [6.45, 7) is 0. The molecule has 1 amide bonds. The number of H-pyrrole nitrogens is 2. The highest BCUT2D eigenvalue weighted by atomic mass is 32.2. The first-order valence-electron chi connectivity index (χ1n) is 6.52. The number of carbonyl (C=O) groups excluding carboxylic acids is 1. The summed E-state index contributed by atoms with van der Waals surface area (Å²) in [6.07, 6.45) is 1.67. The van der Waals surface area contributed by atoms with Crippen LogP contribution >= 0.6 is 0 Å². The van der Waals surface area contributed by atoms with Gasteiger partial charge in [-0.05, 0) is 30.3 Å². The molecular weight excluding hydrogens is 322 g/mol. The van der Waals surface area contributed by atoms with Gasteiger partial charge in [-0.15, -0.1) is 4.83 Å². The lowest BCUT2D eigenvalue weighted by molar-refractivity contribution is 0.0937. The molecule has 9 nitrogen and oxygen atoms in total. The van der Waals surface area contributed by atoms with Crippen molar-refractivity contribution >= 4 is 27.0 Å². The van der Waals surface area contributed by atoms with Crippen molar-refractivity contribution in [3.8, 4) is 0 Å². The summed E-state index contributed by atoms with van der Waals surface area (Å²) in [5.41, 5.74) is 2.85. The molecule has 120 valence electrons. The van der Waals surface area contributed by atoms with E-state index < -0.39 is 21.6 Å². The van der Waals surface area contributed by atoms with Crippen LogP contribution in [0.2, 0.25) is 0 Å². The van der Waals surface area contributed by atoms with Crippen LogP contribution in [0.25, 0.3) is 11.0 Å². The Morgan fingerprint density at radius 1 is 1.17 bits per heavy atom. The number of aromatic amines is 2. The number of nitrogens with one attached hydrogen (secondary N) is 4. The molecule has 0 aliphatic carbocycles. The largest absolute Gasteiger partial charge is 0.347 e. The number of amides is 1. The Morgan fingerprint density at radius 2 is 1.91 bits per heavy atom. The minimum Gasteiger partial charge on any atom is -0.347 e. The van der Waals surface area contributed by atoms with Gasteiger partial charge in [0.05, 0.1) is 15.9 Å². The van der Waals surface area contributed by atoms with Gasteiger partial charge in [0.15, 0.2) is 0 Å². The molecule has 2 aromatic heterocycles. The van der Waals surface area contributed by atoms with Gasteiger partial charge in [-0.25, -0.2) is 13.2 Å². The molecule has 0 saturated heterocycles. The fourth-order valence-electron chi connectivity index (χ4n) is 2.11. The zero-order chi connectivity index (χ0) is 16.6. The van der Waals surface area contributed by atoms with Crippen LogP contribution in [0.5, 0.6) is 0 Å². The normalized spacial score (nSPS) is 11.7. The molecule has 23 heavy (non-hydrogen) atoms. The van der Waals surface area contributed by atoms with E-state index in [9.17, 15) is 18.0 Å². The average molecular weight is 335 g/mol. The average Bonchev–Trinajstić information content (AvgIpc) is 3.08. The number of aromatic nitrogens is 3. The third-order valence-corrected chi connectivity index (χ3v) is 4.52. The van der Waals surface area contributed by atoms with Crippen molar-refractivity contribution in [2.24, 2.45) is 7.05 Å². The fraction of sp³-hybridized carbons (Fsp3) is 0.0769. The maximum atomic E-state index is 12.2. The van der Waals surface area contributed by atoms with Crippen LogP contribution in [0, 0.1) is 0 Å². The van der Waals surface area contributed by atoms with Gasteiger partial charge >= 0.3 is 5.69 Å². The molecule has 0 bridgehead atoms. The zero-order valence-corrected chi connectivity index (χ0v) is 12.8. The van der Waals surface area contributed by atoms with Gasteiger partial charge in [0.1, 0.15) is 5.69 Å². The maximum Gasteiger partial charge on any atom is 0.323 e. The van der Waals surface area contributed by atoms with Gasteiger partial charge in [-0.1, -0.05) is 0 Å². The van der Waals surface area contributed by atoms with Crippen molar-refractivity contribution in [1.29, 1.82) is 0 Å². The number of hydrogen-bond acceptors (Lipinski definition) is 4. The molecule has 0 radical (unpaired) electrons. The van der Waals surface area contributed by atoms with Gasteiger partial charge in [-0.2, -0.15) is 0 Å². The van der Waals surface area contributed by atoms with E-state index in [0.717, 1.165) is 0 Å². The fourth-order valence-corrected chi connectivity index (χ4v) is 2.98. The quantitative estimate of drug-likeness (QED) is 0.493. The molecule has 1 aromatic carbocycles. The molecule has 0 unspecified atom stereocenters. The summed E-state index contributed by atoms with van der Waals surface area (Å²) in [5.74, 6) is -0.586. The van der Waals surface area contributed by atoms with E-state index in [4.69, 9.17) is 0 Å². The first-order chi connectivity index (χ1) is 10.9.